The van der Waals surface area contributed by atoms with Gasteiger partial charge in [-0.25, -0.2) is 0 Å². The van der Waals surface area contributed by atoms with Gasteiger partial charge in [-0.05, 0) is 44.0 Å². The van der Waals surface area contributed by atoms with Gasteiger partial charge >= 0.3 is 6.18 Å². The minimum Gasteiger partial charge on any atom is -0.493 e. The number of ether oxygens (including phenoxy) is 2. The zero-order valence-corrected chi connectivity index (χ0v) is 19.5. The van der Waals surface area contributed by atoms with Crippen LogP contribution in [0.5, 0.6) is 11.5 Å². The molecule has 1 saturated carbocycles. The van der Waals surface area contributed by atoms with E-state index in [1.807, 2.05) is 0 Å². The Morgan fingerprint density at radius 3 is 2.49 bits per heavy atom. The molecule has 0 unspecified atom stereocenters. The fraction of sp³-hybridized carbons (Fsp3) is 0.346. The van der Waals surface area contributed by atoms with Crippen molar-refractivity contribution in [1.82, 2.24) is 0 Å². The van der Waals surface area contributed by atoms with Gasteiger partial charge in [0.15, 0.2) is 11.5 Å². The molecule has 4 rings (SSSR count). The maximum Gasteiger partial charge on any atom is 0.416 e. The van der Waals surface area contributed by atoms with Crippen molar-refractivity contribution in [3.05, 3.63) is 64.9 Å². The first-order chi connectivity index (χ1) is 16.7. The summed E-state index contributed by atoms with van der Waals surface area (Å²) in [6.07, 6.45) is -2.90. The number of alkyl halides is 3. The monoisotopic (exact) mass is 486 g/mol. The highest BCUT2D eigenvalue weighted by atomic mass is 19.4. The van der Waals surface area contributed by atoms with Crippen LogP contribution < -0.4 is 14.8 Å². The van der Waals surface area contributed by atoms with Crippen molar-refractivity contribution >= 4 is 23.1 Å². The van der Waals surface area contributed by atoms with Crippen LogP contribution in [-0.2, 0) is 15.8 Å². The van der Waals surface area contributed by atoms with E-state index in [0.717, 1.165) is 12.1 Å². The van der Waals surface area contributed by atoms with Crippen LogP contribution in [0.3, 0.4) is 0 Å². The van der Waals surface area contributed by atoms with Gasteiger partial charge in [0.25, 0.3) is 5.91 Å². The molecular weight excluding hydrogens is 461 g/mol. The molecule has 2 atom stereocenters. The topological polar surface area (TPSA) is 77.0 Å². The molecule has 184 valence electrons. The summed E-state index contributed by atoms with van der Waals surface area (Å²) in [6.45, 7) is 1.67. The van der Waals surface area contributed by atoms with Gasteiger partial charge in [0.1, 0.15) is 5.78 Å². The number of anilines is 1. The molecule has 9 heteroatoms. The van der Waals surface area contributed by atoms with E-state index in [4.69, 9.17) is 9.47 Å². The summed E-state index contributed by atoms with van der Waals surface area (Å²) in [5.74, 6) is -1.24. The van der Waals surface area contributed by atoms with Crippen LogP contribution in [0.2, 0.25) is 0 Å². The Kier molecular flexibility index (Phi) is 6.69. The lowest BCUT2D eigenvalue weighted by atomic mass is 9.69. The molecule has 0 saturated heterocycles. The van der Waals surface area contributed by atoms with Crippen molar-refractivity contribution in [2.45, 2.75) is 38.3 Å². The third kappa shape index (κ3) is 4.67. The van der Waals surface area contributed by atoms with Crippen molar-refractivity contribution in [1.29, 1.82) is 0 Å². The number of halogens is 3. The number of ketones is 1. The van der Waals surface area contributed by atoms with Crippen molar-refractivity contribution in [3.8, 4) is 11.5 Å². The number of rotatable bonds is 5. The molecule has 2 aliphatic rings. The Morgan fingerprint density at radius 1 is 1.06 bits per heavy atom. The number of carbonyl (C=O) groups is 2. The summed E-state index contributed by atoms with van der Waals surface area (Å²) in [5.41, 5.74) is 1.00. The molecule has 1 fully saturated rings. The maximum atomic E-state index is 13.6. The van der Waals surface area contributed by atoms with Crippen LogP contribution in [-0.4, -0.2) is 31.6 Å². The molecule has 0 radical (unpaired) electrons. The standard InChI is InChI=1S/C26H25F3N2O4/c1-14-21(25(33)31-16-8-4-7-15(13-16)26(27,28)29)22(23-18(30-14)10-6-11-19(23)32)17-9-5-12-20(34-2)24(17)35-3/h4-5,7-9,12-13,22-23H,6,10-11H2,1-3H3,(H,31,33)/t22-,23-/m0/s1. The first kappa shape index (κ1) is 24.5. The molecule has 2 aromatic rings. The van der Waals surface area contributed by atoms with E-state index in [0.29, 0.717) is 47.7 Å². The molecular formula is C26H25F3N2O4. The van der Waals surface area contributed by atoms with Crippen molar-refractivity contribution in [2.24, 2.45) is 10.9 Å². The van der Waals surface area contributed by atoms with Gasteiger partial charge in [-0.15, -0.1) is 0 Å². The molecule has 35 heavy (non-hydrogen) atoms. The number of para-hydroxylation sites is 1. The number of Topliss-reactive ketones (excluding diaryl/α,β-unsaturated/α-hetero) is 1. The number of aliphatic imine (C=N–C) groups is 1. The predicted molar refractivity (Wildman–Crippen MR) is 125 cm³/mol. The highest BCUT2D eigenvalue weighted by Crippen LogP contribution is 2.48. The Bertz CT molecular complexity index is 1230. The second-order valence-electron chi connectivity index (χ2n) is 8.49. The molecule has 1 heterocycles. The smallest absolute Gasteiger partial charge is 0.416 e. The van der Waals surface area contributed by atoms with Crippen LogP contribution >= 0.6 is 0 Å². The van der Waals surface area contributed by atoms with E-state index >= 15 is 0 Å². The summed E-state index contributed by atoms with van der Waals surface area (Å²) >= 11 is 0. The maximum absolute atomic E-state index is 13.6. The lowest BCUT2D eigenvalue weighted by Gasteiger charge is -2.36. The molecule has 2 aromatic carbocycles. The Morgan fingerprint density at radius 2 is 1.80 bits per heavy atom. The third-order valence-corrected chi connectivity index (χ3v) is 6.37. The molecule has 1 amide bonds. The molecule has 6 nitrogen and oxygen atoms in total. The van der Waals surface area contributed by atoms with Crippen LogP contribution in [0.15, 0.2) is 58.7 Å². The largest absolute Gasteiger partial charge is 0.493 e. The second kappa shape index (κ2) is 9.56. The minimum atomic E-state index is -4.55. The first-order valence-electron chi connectivity index (χ1n) is 11.2. The summed E-state index contributed by atoms with van der Waals surface area (Å²) in [6, 6.07) is 9.63. The molecule has 1 N–H and O–H groups in total. The number of nitrogens with zero attached hydrogens (tertiary/aromatic N) is 1. The number of nitrogens with one attached hydrogen (secondary N) is 1. The average Bonchev–Trinajstić information content (AvgIpc) is 2.82. The van der Waals surface area contributed by atoms with E-state index in [-0.39, 0.29) is 17.0 Å². The number of hydrogen-bond donors (Lipinski definition) is 1. The first-order valence-corrected chi connectivity index (χ1v) is 11.2. The zero-order chi connectivity index (χ0) is 25.3. The van der Waals surface area contributed by atoms with Crippen LogP contribution in [0.4, 0.5) is 18.9 Å². The van der Waals surface area contributed by atoms with Gasteiger partial charge in [-0.1, -0.05) is 18.2 Å². The van der Waals surface area contributed by atoms with Crippen LogP contribution in [0.1, 0.15) is 43.2 Å². The number of amides is 1. The van der Waals surface area contributed by atoms with Crippen LogP contribution in [0.25, 0.3) is 0 Å². The lowest BCUT2D eigenvalue weighted by molar-refractivity contribution is -0.137. The predicted octanol–water partition coefficient (Wildman–Crippen LogP) is 5.54. The molecule has 1 aliphatic carbocycles. The highest BCUT2D eigenvalue weighted by Gasteiger charge is 2.44. The number of methoxy groups -OCH3 is 2. The molecule has 0 aromatic heterocycles. The van der Waals surface area contributed by atoms with E-state index in [2.05, 4.69) is 10.3 Å². The molecule has 1 aliphatic heterocycles. The van der Waals surface area contributed by atoms with Crippen molar-refractivity contribution in [3.63, 3.8) is 0 Å². The normalized spacial score (nSPS) is 20.2. The number of fused-ring (bicyclic) bond motifs is 1. The number of allylic oxidation sites excluding steroid dienone is 1. The Balaban J connectivity index is 1.83. The zero-order valence-electron chi connectivity index (χ0n) is 19.5. The summed E-state index contributed by atoms with van der Waals surface area (Å²) in [7, 11) is 2.96. The van der Waals surface area contributed by atoms with Crippen molar-refractivity contribution < 1.29 is 32.2 Å². The van der Waals surface area contributed by atoms with Gasteiger partial charge in [-0.2, -0.15) is 13.2 Å². The summed E-state index contributed by atoms with van der Waals surface area (Å²) < 4.78 is 50.6. The molecule has 0 bridgehead atoms. The number of hydrogen-bond acceptors (Lipinski definition) is 5. The Hall–Kier alpha value is -3.62. The van der Waals surface area contributed by atoms with Gasteiger partial charge in [0.2, 0.25) is 0 Å². The lowest BCUT2D eigenvalue weighted by Crippen LogP contribution is -2.39. The van der Waals surface area contributed by atoms with E-state index in [9.17, 15) is 22.8 Å². The minimum absolute atomic E-state index is 0.00812. The van der Waals surface area contributed by atoms with Gasteiger partial charge in [-0.3, -0.25) is 14.6 Å². The quantitative estimate of drug-likeness (QED) is 0.602. The van der Waals surface area contributed by atoms with Gasteiger partial charge in [0, 0.05) is 40.6 Å². The van der Waals surface area contributed by atoms with E-state index in [1.165, 1.54) is 26.4 Å². The van der Waals surface area contributed by atoms with E-state index in [1.54, 1.807) is 25.1 Å². The Labute approximate surface area is 200 Å². The third-order valence-electron chi connectivity index (χ3n) is 6.37. The summed E-state index contributed by atoms with van der Waals surface area (Å²) in [5, 5.41) is 2.58. The fourth-order valence-corrected chi connectivity index (χ4v) is 4.88. The van der Waals surface area contributed by atoms with E-state index < -0.39 is 29.5 Å². The van der Waals surface area contributed by atoms with Gasteiger partial charge in [0.05, 0.1) is 25.7 Å². The average molecular weight is 486 g/mol. The second-order valence-corrected chi connectivity index (χ2v) is 8.49. The number of benzene rings is 2. The highest BCUT2D eigenvalue weighted by molar-refractivity contribution is 6.14. The van der Waals surface area contributed by atoms with Gasteiger partial charge < -0.3 is 14.8 Å². The van der Waals surface area contributed by atoms with Crippen molar-refractivity contribution in [2.75, 3.05) is 19.5 Å². The fourth-order valence-electron chi connectivity index (χ4n) is 4.88. The number of carbonyl (C=O) groups excluding carboxylic acids is 2. The SMILES string of the molecule is COc1cccc([C@H]2C(C(=O)Nc3cccc(C(F)(F)F)c3)=C(C)N=C3CCCC(=O)[C@H]32)c1OC. The van der Waals surface area contributed by atoms with Crippen LogP contribution in [0, 0.1) is 5.92 Å². The summed E-state index contributed by atoms with van der Waals surface area (Å²) in [4.78, 5) is 31.3. The molecule has 0 spiro atoms.